The van der Waals surface area contributed by atoms with Crippen LogP contribution in [0.1, 0.15) is 12.8 Å². The van der Waals surface area contributed by atoms with E-state index in [1.54, 1.807) is 24.3 Å². The van der Waals surface area contributed by atoms with Gasteiger partial charge in [0.05, 0.1) is 5.75 Å². The van der Waals surface area contributed by atoms with Crippen molar-refractivity contribution in [2.45, 2.75) is 12.8 Å². The highest BCUT2D eigenvalue weighted by molar-refractivity contribution is 7.89. The summed E-state index contributed by atoms with van der Waals surface area (Å²) in [6.45, 7) is 2.08. The predicted molar refractivity (Wildman–Crippen MR) is 81.7 cm³/mol. The molecule has 0 aromatic heterocycles. The molecule has 1 aromatic rings. The standard InChI is InChI=1S/C14H22N2O4S/c15-13-2-1-3-14(10-13)20-8-9-21(17,18)16-6-4-12-5-7-19-11-12/h1-3,10,12,16H,4-9,11,15H2. The number of nitrogen functional groups attached to an aromatic ring is 1. The maximum Gasteiger partial charge on any atom is 0.214 e. The molecule has 0 radical (unpaired) electrons. The van der Waals surface area contributed by atoms with E-state index in [9.17, 15) is 8.42 Å². The van der Waals surface area contributed by atoms with E-state index in [4.69, 9.17) is 15.2 Å². The van der Waals surface area contributed by atoms with Crippen LogP contribution in [0.15, 0.2) is 24.3 Å². The van der Waals surface area contributed by atoms with Crippen molar-refractivity contribution in [1.82, 2.24) is 4.72 Å². The Balaban J connectivity index is 1.66. The third kappa shape index (κ3) is 5.91. The Labute approximate surface area is 125 Å². The second-order valence-corrected chi connectivity index (χ2v) is 7.08. The molecule has 21 heavy (non-hydrogen) atoms. The molecule has 6 nitrogen and oxygen atoms in total. The molecule has 1 heterocycles. The molecule has 3 N–H and O–H groups in total. The molecule has 1 unspecified atom stereocenters. The molecule has 7 heteroatoms. The molecule has 0 amide bonds. The first-order valence-corrected chi connectivity index (χ1v) is 8.74. The first-order valence-electron chi connectivity index (χ1n) is 7.08. The largest absolute Gasteiger partial charge is 0.492 e. The first kappa shape index (κ1) is 16.1. The van der Waals surface area contributed by atoms with Gasteiger partial charge >= 0.3 is 0 Å². The van der Waals surface area contributed by atoms with Gasteiger partial charge in [0.25, 0.3) is 0 Å². The van der Waals surface area contributed by atoms with Crippen LogP contribution in [-0.2, 0) is 14.8 Å². The fraction of sp³-hybridized carbons (Fsp3) is 0.571. The molecule has 1 saturated heterocycles. The van der Waals surface area contributed by atoms with Gasteiger partial charge < -0.3 is 15.2 Å². The summed E-state index contributed by atoms with van der Waals surface area (Å²) >= 11 is 0. The molecular weight excluding hydrogens is 292 g/mol. The van der Waals surface area contributed by atoms with Gasteiger partial charge in [-0.3, -0.25) is 0 Å². The fourth-order valence-corrected chi connectivity index (χ4v) is 3.05. The molecule has 118 valence electrons. The van der Waals surface area contributed by atoms with Gasteiger partial charge in [0.15, 0.2) is 0 Å². The van der Waals surface area contributed by atoms with E-state index in [2.05, 4.69) is 4.72 Å². The van der Waals surface area contributed by atoms with Crippen LogP contribution < -0.4 is 15.2 Å². The van der Waals surface area contributed by atoms with E-state index in [1.165, 1.54) is 0 Å². The average Bonchev–Trinajstić information content (AvgIpc) is 2.91. The quantitative estimate of drug-likeness (QED) is 0.698. The minimum absolute atomic E-state index is 0.0665. The number of ether oxygens (including phenoxy) is 2. The number of rotatable bonds is 8. The van der Waals surface area contributed by atoms with Crippen LogP contribution >= 0.6 is 0 Å². The Morgan fingerprint density at radius 1 is 1.43 bits per heavy atom. The summed E-state index contributed by atoms with van der Waals surface area (Å²) in [5.74, 6) is 0.979. The number of hydrogen-bond donors (Lipinski definition) is 2. The van der Waals surface area contributed by atoms with Crippen LogP contribution in [0.25, 0.3) is 0 Å². The van der Waals surface area contributed by atoms with E-state index in [0.717, 1.165) is 26.1 Å². The van der Waals surface area contributed by atoms with Crippen molar-refractivity contribution < 1.29 is 17.9 Å². The van der Waals surface area contributed by atoms with Gasteiger partial charge in [0, 0.05) is 31.5 Å². The maximum absolute atomic E-state index is 11.8. The van der Waals surface area contributed by atoms with Crippen molar-refractivity contribution in [2.24, 2.45) is 5.92 Å². The number of benzene rings is 1. The van der Waals surface area contributed by atoms with Crippen LogP contribution in [-0.4, -0.2) is 40.5 Å². The molecule has 0 aliphatic carbocycles. The van der Waals surface area contributed by atoms with Gasteiger partial charge in [0.1, 0.15) is 12.4 Å². The number of hydrogen-bond acceptors (Lipinski definition) is 5. The molecule has 2 rings (SSSR count). The summed E-state index contributed by atoms with van der Waals surface area (Å²) in [6, 6.07) is 6.93. The molecule has 1 aliphatic heterocycles. The molecule has 1 atom stereocenters. The number of nitrogens with one attached hydrogen (secondary N) is 1. The molecule has 0 bridgehead atoms. The predicted octanol–water partition coefficient (Wildman–Crippen LogP) is 0.994. The summed E-state index contributed by atoms with van der Waals surface area (Å²) in [5.41, 5.74) is 6.21. The third-order valence-corrected chi connectivity index (χ3v) is 4.73. The van der Waals surface area contributed by atoms with Crippen molar-refractivity contribution in [3.05, 3.63) is 24.3 Å². The summed E-state index contributed by atoms with van der Waals surface area (Å²) < 4.78 is 36.9. The Bertz CT molecular complexity index is 542. The second-order valence-electron chi connectivity index (χ2n) is 5.15. The van der Waals surface area contributed by atoms with Gasteiger partial charge in [-0.2, -0.15) is 0 Å². The second kappa shape index (κ2) is 7.63. The molecule has 1 aliphatic rings. The van der Waals surface area contributed by atoms with E-state index in [-0.39, 0.29) is 12.4 Å². The zero-order chi connectivity index (χ0) is 15.1. The third-order valence-electron chi connectivity index (χ3n) is 3.38. The zero-order valence-corrected chi connectivity index (χ0v) is 12.8. The Morgan fingerprint density at radius 3 is 3.00 bits per heavy atom. The van der Waals surface area contributed by atoms with Gasteiger partial charge in [0.2, 0.25) is 10.0 Å². The highest BCUT2D eigenvalue weighted by atomic mass is 32.2. The van der Waals surface area contributed by atoms with Crippen molar-refractivity contribution >= 4 is 15.7 Å². The lowest BCUT2D eigenvalue weighted by molar-refractivity contribution is 0.184. The SMILES string of the molecule is Nc1cccc(OCCS(=O)(=O)NCCC2CCOC2)c1. The number of anilines is 1. The topological polar surface area (TPSA) is 90.7 Å². The van der Waals surface area contributed by atoms with Crippen LogP contribution in [0, 0.1) is 5.92 Å². The molecule has 0 saturated carbocycles. The lowest BCUT2D eigenvalue weighted by Gasteiger charge is -2.10. The van der Waals surface area contributed by atoms with Crippen molar-refractivity contribution in [2.75, 3.05) is 37.9 Å². The van der Waals surface area contributed by atoms with Crippen LogP contribution in [0.5, 0.6) is 5.75 Å². The Kier molecular flexibility index (Phi) is 5.84. The van der Waals surface area contributed by atoms with Crippen molar-refractivity contribution in [3.63, 3.8) is 0 Å². The van der Waals surface area contributed by atoms with E-state index in [0.29, 0.717) is 23.9 Å². The van der Waals surface area contributed by atoms with Crippen LogP contribution in [0.4, 0.5) is 5.69 Å². The van der Waals surface area contributed by atoms with Crippen LogP contribution in [0.2, 0.25) is 0 Å². The normalized spacial score (nSPS) is 18.8. The van der Waals surface area contributed by atoms with E-state index in [1.807, 2.05) is 0 Å². The van der Waals surface area contributed by atoms with Crippen molar-refractivity contribution in [3.8, 4) is 5.75 Å². The van der Waals surface area contributed by atoms with Gasteiger partial charge in [-0.05, 0) is 30.9 Å². The highest BCUT2D eigenvalue weighted by Crippen LogP contribution is 2.16. The molecular formula is C14H22N2O4S. The van der Waals surface area contributed by atoms with Gasteiger partial charge in [-0.25, -0.2) is 13.1 Å². The maximum atomic E-state index is 11.8. The minimum Gasteiger partial charge on any atom is -0.492 e. The first-order chi connectivity index (χ1) is 10.1. The monoisotopic (exact) mass is 314 g/mol. The summed E-state index contributed by atoms with van der Waals surface area (Å²) in [4.78, 5) is 0. The van der Waals surface area contributed by atoms with Crippen molar-refractivity contribution in [1.29, 1.82) is 0 Å². The summed E-state index contributed by atoms with van der Waals surface area (Å²) in [6.07, 6.45) is 1.83. The smallest absolute Gasteiger partial charge is 0.214 e. The van der Waals surface area contributed by atoms with Crippen LogP contribution in [0.3, 0.4) is 0 Å². The Morgan fingerprint density at radius 2 is 2.29 bits per heavy atom. The average molecular weight is 314 g/mol. The molecule has 1 fully saturated rings. The number of sulfonamides is 1. The van der Waals surface area contributed by atoms with E-state index < -0.39 is 10.0 Å². The lowest BCUT2D eigenvalue weighted by atomic mass is 10.1. The van der Waals surface area contributed by atoms with E-state index >= 15 is 0 Å². The minimum atomic E-state index is -3.30. The number of nitrogens with two attached hydrogens (primary N) is 1. The molecule has 0 spiro atoms. The summed E-state index contributed by atoms with van der Waals surface area (Å²) in [7, 11) is -3.30. The zero-order valence-electron chi connectivity index (χ0n) is 12.0. The summed E-state index contributed by atoms with van der Waals surface area (Å²) in [5, 5.41) is 0. The van der Waals surface area contributed by atoms with Gasteiger partial charge in [-0.1, -0.05) is 6.07 Å². The highest BCUT2D eigenvalue weighted by Gasteiger charge is 2.17. The Hall–Kier alpha value is -1.31. The lowest BCUT2D eigenvalue weighted by Crippen LogP contribution is -2.30. The molecule has 1 aromatic carbocycles. The van der Waals surface area contributed by atoms with Gasteiger partial charge in [-0.15, -0.1) is 0 Å². The fourth-order valence-electron chi connectivity index (χ4n) is 2.18.